The predicted molar refractivity (Wildman–Crippen MR) is 97.5 cm³/mol. The topological polar surface area (TPSA) is 47.5 Å². The molecule has 122 valence electrons. The van der Waals surface area contributed by atoms with E-state index in [1.54, 1.807) is 11.3 Å². The molecule has 0 saturated carbocycles. The average molecular weight is 342 g/mol. The standard InChI is InChI=1S/C16H23N3OS.ClH/c1-17-12-2-3-13-14(11-21-16(13)10-12)15(20)4-7-19-8-5-18-6-9-19;/h2-3,10-11,15,17-18,20H,4-9H2,1H3;1H. The molecule has 0 amide bonds. The molecule has 1 aromatic carbocycles. The Hall–Kier alpha value is -0.850. The molecule has 2 heterocycles. The van der Waals surface area contributed by atoms with Crippen LogP contribution in [0.25, 0.3) is 10.1 Å². The number of nitrogens with one attached hydrogen (secondary N) is 2. The lowest BCUT2D eigenvalue weighted by atomic mass is 10.0. The Kier molecular flexibility index (Phi) is 6.47. The van der Waals surface area contributed by atoms with Crippen LogP contribution >= 0.6 is 23.7 Å². The van der Waals surface area contributed by atoms with Gasteiger partial charge in [0.05, 0.1) is 6.10 Å². The highest BCUT2D eigenvalue weighted by atomic mass is 35.5. The minimum atomic E-state index is -0.367. The molecule has 0 aliphatic carbocycles. The molecule has 22 heavy (non-hydrogen) atoms. The normalized spacial score (nSPS) is 17.2. The van der Waals surface area contributed by atoms with Gasteiger partial charge in [-0.3, -0.25) is 0 Å². The molecule has 1 fully saturated rings. The number of rotatable bonds is 5. The van der Waals surface area contributed by atoms with E-state index in [4.69, 9.17) is 0 Å². The predicted octanol–water partition coefficient (Wildman–Crippen LogP) is 2.69. The van der Waals surface area contributed by atoms with Gasteiger partial charge in [-0.25, -0.2) is 0 Å². The quantitative estimate of drug-likeness (QED) is 0.782. The lowest BCUT2D eigenvalue weighted by Gasteiger charge is -2.27. The second kappa shape index (κ2) is 8.13. The first-order valence-corrected chi connectivity index (χ1v) is 8.46. The zero-order chi connectivity index (χ0) is 14.7. The summed E-state index contributed by atoms with van der Waals surface area (Å²) in [5.41, 5.74) is 2.19. The zero-order valence-electron chi connectivity index (χ0n) is 12.8. The monoisotopic (exact) mass is 341 g/mol. The maximum Gasteiger partial charge on any atom is 0.0816 e. The molecule has 0 bridgehead atoms. The van der Waals surface area contributed by atoms with Crippen molar-refractivity contribution in [2.24, 2.45) is 0 Å². The van der Waals surface area contributed by atoms with E-state index in [-0.39, 0.29) is 18.5 Å². The molecule has 6 heteroatoms. The molecule has 2 aromatic rings. The van der Waals surface area contributed by atoms with E-state index >= 15 is 0 Å². The van der Waals surface area contributed by atoms with Crippen LogP contribution in [0.5, 0.6) is 0 Å². The summed E-state index contributed by atoms with van der Waals surface area (Å²) in [5.74, 6) is 0. The smallest absolute Gasteiger partial charge is 0.0816 e. The Morgan fingerprint density at radius 3 is 2.86 bits per heavy atom. The number of thiophene rings is 1. The molecule has 1 atom stereocenters. The van der Waals surface area contributed by atoms with E-state index in [0.29, 0.717) is 0 Å². The fourth-order valence-corrected chi connectivity index (χ4v) is 3.90. The second-order valence-corrected chi connectivity index (χ2v) is 6.46. The number of nitrogens with zero attached hydrogens (tertiary/aromatic N) is 1. The zero-order valence-corrected chi connectivity index (χ0v) is 14.5. The Labute approximate surface area is 141 Å². The van der Waals surface area contributed by atoms with Gasteiger partial charge < -0.3 is 20.6 Å². The van der Waals surface area contributed by atoms with Crippen molar-refractivity contribution in [3.05, 3.63) is 29.1 Å². The maximum atomic E-state index is 10.5. The van der Waals surface area contributed by atoms with Crippen LogP contribution in [-0.4, -0.2) is 49.8 Å². The van der Waals surface area contributed by atoms with Crippen molar-refractivity contribution < 1.29 is 5.11 Å². The van der Waals surface area contributed by atoms with Crippen molar-refractivity contribution in [3.63, 3.8) is 0 Å². The van der Waals surface area contributed by atoms with Gasteiger partial charge in [0.25, 0.3) is 0 Å². The summed E-state index contributed by atoms with van der Waals surface area (Å²) in [6.07, 6.45) is 0.439. The first-order valence-electron chi connectivity index (χ1n) is 7.58. The number of aliphatic hydroxyl groups is 1. The van der Waals surface area contributed by atoms with Crippen LogP contribution in [0.1, 0.15) is 18.1 Å². The van der Waals surface area contributed by atoms with Crippen LogP contribution in [0.3, 0.4) is 0 Å². The molecular weight excluding hydrogens is 318 g/mol. The summed E-state index contributed by atoms with van der Waals surface area (Å²) < 4.78 is 1.23. The molecule has 0 radical (unpaired) electrons. The molecule has 1 saturated heterocycles. The summed E-state index contributed by atoms with van der Waals surface area (Å²) in [6, 6.07) is 6.33. The van der Waals surface area contributed by atoms with Crippen molar-refractivity contribution in [1.82, 2.24) is 10.2 Å². The number of aliphatic hydroxyl groups excluding tert-OH is 1. The van der Waals surface area contributed by atoms with Crippen LogP contribution in [0.15, 0.2) is 23.6 Å². The van der Waals surface area contributed by atoms with E-state index in [9.17, 15) is 5.11 Å². The average Bonchev–Trinajstić information content (AvgIpc) is 2.96. The second-order valence-electron chi connectivity index (χ2n) is 5.55. The maximum absolute atomic E-state index is 10.5. The molecule has 4 nitrogen and oxygen atoms in total. The van der Waals surface area contributed by atoms with E-state index in [1.807, 2.05) is 7.05 Å². The Bertz CT molecular complexity index is 598. The summed E-state index contributed by atoms with van der Waals surface area (Å²) in [7, 11) is 1.93. The molecule has 0 spiro atoms. The number of hydrogen-bond donors (Lipinski definition) is 3. The highest BCUT2D eigenvalue weighted by Gasteiger charge is 2.16. The SMILES string of the molecule is CNc1ccc2c(C(O)CCN3CCNCC3)csc2c1.Cl. The van der Waals surface area contributed by atoms with Gasteiger partial charge in [-0.1, -0.05) is 6.07 Å². The molecule has 1 unspecified atom stereocenters. The first-order chi connectivity index (χ1) is 10.3. The van der Waals surface area contributed by atoms with Crippen LogP contribution in [0.4, 0.5) is 5.69 Å². The molecular formula is C16H24ClN3OS. The van der Waals surface area contributed by atoms with Crippen LogP contribution < -0.4 is 10.6 Å². The number of piperazine rings is 1. The fourth-order valence-electron chi connectivity index (χ4n) is 2.86. The van der Waals surface area contributed by atoms with Crippen LogP contribution in [0.2, 0.25) is 0 Å². The van der Waals surface area contributed by atoms with Crippen molar-refractivity contribution in [2.75, 3.05) is 45.1 Å². The van der Waals surface area contributed by atoms with E-state index in [2.05, 4.69) is 39.1 Å². The summed E-state index contributed by atoms with van der Waals surface area (Å²) in [6.45, 7) is 5.26. The number of halogens is 1. The lowest BCUT2D eigenvalue weighted by Crippen LogP contribution is -2.44. The van der Waals surface area contributed by atoms with E-state index in [0.717, 1.165) is 50.4 Å². The van der Waals surface area contributed by atoms with Crippen LogP contribution in [0, 0.1) is 0 Å². The lowest BCUT2D eigenvalue weighted by molar-refractivity contribution is 0.138. The van der Waals surface area contributed by atoms with Crippen molar-refractivity contribution >= 4 is 39.5 Å². The molecule has 1 aromatic heterocycles. The van der Waals surface area contributed by atoms with Gasteiger partial charge in [-0.2, -0.15) is 0 Å². The number of fused-ring (bicyclic) bond motifs is 1. The first kappa shape index (κ1) is 17.5. The Morgan fingerprint density at radius 1 is 1.36 bits per heavy atom. The number of hydrogen-bond acceptors (Lipinski definition) is 5. The van der Waals surface area contributed by atoms with Gasteiger partial charge in [0.1, 0.15) is 0 Å². The van der Waals surface area contributed by atoms with E-state index < -0.39 is 0 Å². The number of anilines is 1. The Morgan fingerprint density at radius 2 is 2.14 bits per heavy atom. The Balaban J connectivity index is 0.00000176. The largest absolute Gasteiger partial charge is 0.388 e. The third-order valence-corrected chi connectivity index (χ3v) is 5.15. The molecule has 3 N–H and O–H groups in total. The minimum absolute atomic E-state index is 0. The van der Waals surface area contributed by atoms with Gasteiger partial charge in [0.2, 0.25) is 0 Å². The fraction of sp³-hybridized carbons (Fsp3) is 0.500. The number of benzene rings is 1. The molecule has 1 aliphatic rings. The summed E-state index contributed by atoms with van der Waals surface area (Å²) >= 11 is 1.71. The third-order valence-electron chi connectivity index (χ3n) is 4.18. The van der Waals surface area contributed by atoms with Gasteiger partial charge in [0.15, 0.2) is 0 Å². The van der Waals surface area contributed by atoms with Crippen molar-refractivity contribution in [1.29, 1.82) is 0 Å². The van der Waals surface area contributed by atoms with Gasteiger partial charge in [0, 0.05) is 50.2 Å². The van der Waals surface area contributed by atoms with Gasteiger partial charge in [-0.05, 0) is 34.9 Å². The van der Waals surface area contributed by atoms with Crippen LogP contribution in [-0.2, 0) is 0 Å². The summed E-state index contributed by atoms with van der Waals surface area (Å²) in [5, 5.41) is 20.3. The molecule has 3 rings (SSSR count). The molecule has 1 aliphatic heterocycles. The summed E-state index contributed by atoms with van der Waals surface area (Å²) in [4.78, 5) is 2.42. The van der Waals surface area contributed by atoms with Crippen molar-refractivity contribution in [2.45, 2.75) is 12.5 Å². The van der Waals surface area contributed by atoms with E-state index in [1.165, 1.54) is 10.1 Å². The van der Waals surface area contributed by atoms with Gasteiger partial charge >= 0.3 is 0 Å². The van der Waals surface area contributed by atoms with Crippen molar-refractivity contribution in [3.8, 4) is 0 Å². The highest BCUT2D eigenvalue weighted by Crippen LogP contribution is 2.33. The third kappa shape index (κ3) is 3.91. The highest BCUT2D eigenvalue weighted by molar-refractivity contribution is 7.17. The van der Waals surface area contributed by atoms with Gasteiger partial charge in [-0.15, -0.1) is 23.7 Å². The minimum Gasteiger partial charge on any atom is -0.388 e.